The zero-order chi connectivity index (χ0) is 36.6. The molecule has 52 heavy (non-hydrogen) atoms. The lowest BCUT2D eigenvalue weighted by molar-refractivity contribution is 0.0943. The average Bonchev–Trinajstić information content (AvgIpc) is 3.59. The number of aryl methyl sites for hydroxylation is 2. The van der Waals surface area contributed by atoms with E-state index in [2.05, 4.69) is 78.4 Å². The van der Waals surface area contributed by atoms with Crippen LogP contribution in [0.5, 0.6) is 0 Å². The van der Waals surface area contributed by atoms with Crippen LogP contribution in [0.15, 0.2) is 84.9 Å². The number of benzene rings is 4. The largest absolute Gasteiger partial charge is 0.351 e. The molecular formula is C43H37N7O2. The third kappa shape index (κ3) is 6.28. The number of carbonyl (C=O) groups is 2. The zero-order valence-electron chi connectivity index (χ0n) is 29.4. The van der Waals surface area contributed by atoms with E-state index in [1.807, 2.05) is 59.2 Å². The van der Waals surface area contributed by atoms with Gasteiger partial charge in [0, 0.05) is 48.1 Å². The molecule has 0 saturated heterocycles. The van der Waals surface area contributed by atoms with Crippen molar-refractivity contribution in [1.82, 2.24) is 19.8 Å². The first kappa shape index (κ1) is 33.8. The van der Waals surface area contributed by atoms with E-state index in [9.17, 15) is 25.4 Å². The van der Waals surface area contributed by atoms with Crippen LogP contribution in [0.1, 0.15) is 76.8 Å². The van der Waals surface area contributed by atoms with Crippen LogP contribution < -0.4 is 10.6 Å². The molecule has 0 unspecified atom stereocenters. The van der Waals surface area contributed by atoms with Crippen molar-refractivity contribution in [3.05, 3.63) is 119 Å². The predicted octanol–water partition coefficient (Wildman–Crippen LogP) is 7.80. The summed E-state index contributed by atoms with van der Waals surface area (Å²) >= 11 is 0. The lowest BCUT2D eigenvalue weighted by Crippen LogP contribution is -2.22. The first-order valence-electron chi connectivity index (χ1n) is 17.4. The van der Waals surface area contributed by atoms with Gasteiger partial charge in [0.05, 0.1) is 45.9 Å². The molecule has 6 aromatic rings. The molecule has 2 aliphatic rings. The average molecular weight is 684 g/mol. The van der Waals surface area contributed by atoms with E-state index in [4.69, 9.17) is 0 Å². The van der Waals surface area contributed by atoms with Crippen LogP contribution in [-0.2, 0) is 18.5 Å². The minimum Gasteiger partial charge on any atom is -0.351 e. The van der Waals surface area contributed by atoms with Gasteiger partial charge in [-0.1, -0.05) is 57.2 Å². The number of rotatable bonds is 2. The molecule has 0 atom stereocenters. The Bertz CT molecular complexity index is 2530. The quantitative estimate of drug-likeness (QED) is 0.192. The lowest BCUT2D eigenvalue weighted by atomic mass is 9.86. The summed E-state index contributed by atoms with van der Waals surface area (Å²) in [6.45, 7) is 9.45. The third-order valence-electron chi connectivity index (χ3n) is 9.76. The molecule has 0 bridgehead atoms. The highest BCUT2D eigenvalue weighted by molar-refractivity contribution is 6.05. The summed E-state index contributed by atoms with van der Waals surface area (Å²) in [7, 11) is 0. The maximum Gasteiger partial charge on any atom is 0.267 e. The summed E-state index contributed by atoms with van der Waals surface area (Å²) in [5.41, 5.74) is 10.1. The van der Waals surface area contributed by atoms with E-state index in [1.165, 1.54) is 5.56 Å². The molecule has 0 radical (unpaired) electrons. The Kier molecular flexibility index (Phi) is 8.84. The number of nitriles is 3. The Morgan fingerprint density at radius 3 is 1.58 bits per heavy atom. The zero-order valence-corrected chi connectivity index (χ0v) is 29.4. The van der Waals surface area contributed by atoms with Crippen LogP contribution in [0.4, 0.5) is 0 Å². The Hall–Kier alpha value is -6.63. The molecule has 256 valence electrons. The number of nitrogens with one attached hydrogen (secondary N) is 2. The second-order valence-electron chi connectivity index (χ2n) is 14.2. The Morgan fingerprint density at radius 1 is 0.596 bits per heavy atom. The summed E-state index contributed by atoms with van der Waals surface area (Å²) < 4.78 is 4.12. The Balaban J connectivity index is 0.000000162. The molecule has 2 amide bonds. The lowest BCUT2D eigenvalue weighted by Gasteiger charge is -2.19. The summed E-state index contributed by atoms with van der Waals surface area (Å²) in [4.78, 5) is 24.8. The van der Waals surface area contributed by atoms with Crippen LogP contribution in [0.25, 0.3) is 44.1 Å². The summed E-state index contributed by atoms with van der Waals surface area (Å²) in [5.74, 6) is -0.139. The van der Waals surface area contributed by atoms with E-state index in [-0.39, 0.29) is 17.2 Å². The van der Waals surface area contributed by atoms with Gasteiger partial charge in [0.1, 0.15) is 11.4 Å². The second kappa shape index (κ2) is 13.6. The number of carbonyl (C=O) groups excluding carboxylic acids is 2. The van der Waals surface area contributed by atoms with Gasteiger partial charge in [0.2, 0.25) is 0 Å². The van der Waals surface area contributed by atoms with E-state index in [1.54, 1.807) is 6.07 Å². The Morgan fingerprint density at radius 2 is 1.10 bits per heavy atom. The van der Waals surface area contributed by atoms with Crippen molar-refractivity contribution in [2.45, 2.75) is 52.1 Å². The second-order valence-corrected chi connectivity index (χ2v) is 14.2. The minimum atomic E-state index is -0.0936. The summed E-state index contributed by atoms with van der Waals surface area (Å²) in [5, 5.41) is 35.7. The molecule has 2 aromatic heterocycles. The smallest absolute Gasteiger partial charge is 0.267 e. The minimum absolute atomic E-state index is 0.0451. The fraction of sp³-hybridized carbons (Fsp3) is 0.233. The van der Waals surface area contributed by atoms with Gasteiger partial charge in [-0.25, -0.2) is 0 Å². The molecule has 0 fully saturated rings. The van der Waals surface area contributed by atoms with Crippen LogP contribution >= 0.6 is 0 Å². The molecule has 0 aliphatic carbocycles. The Labute approximate surface area is 302 Å². The van der Waals surface area contributed by atoms with Gasteiger partial charge >= 0.3 is 0 Å². The van der Waals surface area contributed by atoms with Crippen molar-refractivity contribution in [3.63, 3.8) is 0 Å². The third-order valence-corrected chi connectivity index (χ3v) is 9.76. The predicted molar refractivity (Wildman–Crippen MR) is 201 cm³/mol. The first-order valence-corrected chi connectivity index (χ1v) is 17.4. The van der Waals surface area contributed by atoms with Crippen LogP contribution in [0.3, 0.4) is 0 Å². The molecular weight excluding hydrogens is 647 g/mol. The fourth-order valence-corrected chi connectivity index (χ4v) is 7.20. The van der Waals surface area contributed by atoms with Gasteiger partial charge in [-0.05, 0) is 83.5 Å². The molecule has 2 aliphatic heterocycles. The number of hydrogen-bond donors (Lipinski definition) is 2. The fourth-order valence-electron chi connectivity index (χ4n) is 7.20. The van der Waals surface area contributed by atoms with Gasteiger partial charge < -0.3 is 19.8 Å². The molecule has 2 N–H and O–H groups in total. The van der Waals surface area contributed by atoms with Gasteiger partial charge in [-0.3, -0.25) is 9.59 Å². The summed E-state index contributed by atoms with van der Waals surface area (Å²) in [6.07, 6.45) is 1.74. The molecule has 4 aromatic carbocycles. The molecule has 4 heterocycles. The molecule has 9 nitrogen and oxygen atoms in total. The van der Waals surface area contributed by atoms with Gasteiger partial charge in [-0.2, -0.15) is 15.8 Å². The standard InChI is InChI=1S/C23H23N3O.C20H14N4O/c1-23(2,3)18-7-5-16(6-8-18)19-12-15(14-24)11-17-13-20-22(27)25-9-4-10-26(20)21(17)19;21-11-13-3-1-4-15(7-13)17-9-14(12-22)8-16-10-18-20(25)23-5-2-6-24(18)19(16)17/h5-8,11-13H,4,9-10H2,1-3H3,(H,25,27);1,3-4,7-10H,2,5-6H2,(H,23,25). The van der Waals surface area contributed by atoms with E-state index in [0.717, 1.165) is 70.0 Å². The highest BCUT2D eigenvalue weighted by Gasteiger charge is 2.23. The SMILES string of the molecule is CC(C)(C)c1ccc(-c2cc(C#N)cc3cc4n(c23)CCCNC4=O)cc1.N#Cc1cccc(-c2cc(C#N)cc3cc4n(c23)CCCNC4=O)c1. The van der Waals surface area contributed by atoms with Crippen LogP contribution in [0.2, 0.25) is 0 Å². The maximum absolute atomic E-state index is 12.4. The van der Waals surface area contributed by atoms with Crippen molar-refractivity contribution in [3.8, 4) is 40.5 Å². The molecule has 0 saturated carbocycles. The van der Waals surface area contributed by atoms with Crippen LogP contribution in [0, 0.1) is 34.0 Å². The number of nitrogens with zero attached hydrogens (tertiary/aromatic N) is 5. The number of aromatic nitrogens is 2. The number of hydrogen-bond acceptors (Lipinski definition) is 5. The highest BCUT2D eigenvalue weighted by Crippen LogP contribution is 2.36. The van der Waals surface area contributed by atoms with Crippen molar-refractivity contribution in [2.75, 3.05) is 13.1 Å². The topological polar surface area (TPSA) is 139 Å². The highest BCUT2D eigenvalue weighted by atomic mass is 16.2. The summed E-state index contributed by atoms with van der Waals surface area (Å²) in [6, 6.07) is 33.6. The van der Waals surface area contributed by atoms with E-state index < -0.39 is 0 Å². The van der Waals surface area contributed by atoms with Crippen LogP contribution in [-0.4, -0.2) is 34.0 Å². The normalized spacial score (nSPS) is 13.9. The van der Waals surface area contributed by atoms with Gasteiger partial charge in [0.15, 0.2) is 0 Å². The maximum atomic E-state index is 12.4. The van der Waals surface area contributed by atoms with Crippen molar-refractivity contribution >= 4 is 33.6 Å². The van der Waals surface area contributed by atoms with E-state index in [0.29, 0.717) is 41.2 Å². The number of fused-ring (bicyclic) bond motifs is 6. The molecule has 9 heteroatoms. The number of amides is 2. The monoisotopic (exact) mass is 683 g/mol. The molecule has 8 rings (SSSR count). The van der Waals surface area contributed by atoms with Crippen molar-refractivity contribution in [1.29, 1.82) is 15.8 Å². The first-order chi connectivity index (χ1) is 25.1. The van der Waals surface area contributed by atoms with E-state index >= 15 is 0 Å². The van der Waals surface area contributed by atoms with Crippen molar-refractivity contribution in [2.24, 2.45) is 0 Å². The van der Waals surface area contributed by atoms with Gasteiger partial charge in [-0.15, -0.1) is 0 Å². The molecule has 0 spiro atoms. The van der Waals surface area contributed by atoms with Crippen molar-refractivity contribution < 1.29 is 9.59 Å². The van der Waals surface area contributed by atoms with Gasteiger partial charge in [0.25, 0.3) is 11.8 Å².